The van der Waals surface area contributed by atoms with E-state index in [9.17, 15) is 27.2 Å². The van der Waals surface area contributed by atoms with Crippen LogP contribution in [0.5, 0.6) is 0 Å². The Morgan fingerprint density at radius 1 is 1.22 bits per heavy atom. The lowest BCUT2D eigenvalue weighted by molar-refractivity contribution is -0.140. The lowest BCUT2D eigenvalue weighted by Crippen LogP contribution is -2.26. The quantitative estimate of drug-likeness (QED) is 0.287. The molecular weight excluding hydrogens is 534 g/mol. The summed E-state index contributed by atoms with van der Waals surface area (Å²) in [5, 5.41) is 7.53. The maximum atomic E-state index is 13.6. The van der Waals surface area contributed by atoms with Crippen molar-refractivity contribution >= 4 is 50.7 Å². The van der Waals surface area contributed by atoms with Gasteiger partial charge in [-0.1, -0.05) is 30.7 Å². The second-order valence-electron chi connectivity index (χ2n) is 8.47. The first kappa shape index (κ1) is 26.6. The minimum Gasteiger partial charge on any atom is -0.365 e. The second-order valence-corrected chi connectivity index (χ2v) is 9.84. The normalized spacial score (nSPS) is 12.6. The van der Waals surface area contributed by atoms with Crippen molar-refractivity contribution < 1.29 is 27.2 Å². The predicted octanol–water partition coefficient (Wildman–Crippen LogP) is 5.96. The molecule has 0 saturated carbocycles. The van der Waals surface area contributed by atoms with Crippen molar-refractivity contribution in [2.75, 3.05) is 5.32 Å². The number of halogens is 5. The van der Waals surface area contributed by atoms with Gasteiger partial charge in [-0.15, -0.1) is 11.3 Å². The highest BCUT2D eigenvalue weighted by molar-refractivity contribution is 7.21. The number of amides is 2. The zero-order valence-electron chi connectivity index (χ0n) is 19.7. The first-order valence-electron chi connectivity index (χ1n) is 10.9. The Labute approximate surface area is 217 Å². The summed E-state index contributed by atoms with van der Waals surface area (Å²) in [5.74, 6) is -2.74. The van der Waals surface area contributed by atoms with E-state index in [1.165, 1.54) is 12.1 Å². The summed E-state index contributed by atoms with van der Waals surface area (Å²) in [6.07, 6.45) is -4.79. The van der Waals surface area contributed by atoms with E-state index in [2.05, 4.69) is 15.4 Å². The molecule has 37 heavy (non-hydrogen) atoms. The number of hydrogen-bond donors (Lipinski definition) is 2. The van der Waals surface area contributed by atoms with Crippen LogP contribution in [0.1, 0.15) is 33.7 Å². The van der Waals surface area contributed by atoms with Gasteiger partial charge in [-0.2, -0.15) is 18.3 Å². The predicted molar refractivity (Wildman–Crippen MR) is 133 cm³/mol. The van der Waals surface area contributed by atoms with Crippen molar-refractivity contribution in [3.63, 3.8) is 0 Å². The molecule has 13 heteroatoms. The Morgan fingerprint density at radius 2 is 1.86 bits per heavy atom. The van der Waals surface area contributed by atoms with Crippen LogP contribution in [0.4, 0.5) is 23.2 Å². The number of rotatable bonds is 6. The maximum Gasteiger partial charge on any atom is 0.433 e. The third-order valence-corrected chi connectivity index (χ3v) is 7.41. The fraction of sp³-hybridized carbons (Fsp3) is 0.250. The van der Waals surface area contributed by atoms with Crippen LogP contribution < -0.4 is 11.1 Å². The van der Waals surface area contributed by atoms with Crippen molar-refractivity contribution in [1.29, 1.82) is 0 Å². The molecular formula is C24H20ClF4N5O2S. The number of carbonyl (C=O) groups excluding carboxylic acids is 2. The number of anilines is 1. The minimum absolute atomic E-state index is 0.00866. The largest absolute Gasteiger partial charge is 0.433 e. The van der Waals surface area contributed by atoms with Gasteiger partial charge >= 0.3 is 6.18 Å². The van der Waals surface area contributed by atoms with E-state index in [1.807, 2.05) is 0 Å². The molecule has 4 aromatic rings. The van der Waals surface area contributed by atoms with Crippen molar-refractivity contribution in [1.82, 2.24) is 14.8 Å². The molecule has 1 unspecified atom stereocenters. The van der Waals surface area contributed by atoms with Crippen molar-refractivity contribution in [3.05, 3.63) is 63.1 Å². The van der Waals surface area contributed by atoms with Crippen molar-refractivity contribution in [2.45, 2.75) is 33.5 Å². The van der Waals surface area contributed by atoms with Gasteiger partial charge in [0.1, 0.15) is 21.2 Å². The molecule has 0 saturated heterocycles. The summed E-state index contributed by atoms with van der Waals surface area (Å²) in [4.78, 5) is 28.8. The summed E-state index contributed by atoms with van der Waals surface area (Å²) in [6.45, 7) is 5.26. The van der Waals surface area contributed by atoms with Crippen LogP contribution >= 0.6 is 22.9 Å². The highest BCUT2D eigenvalue weighted by Crippen LogP contribution is 2.43. The van der Waals surface area contributed by atoms with E-state index in [0.717, 1.165) is 18.2 Å². The van der Waals surface area contributed by atoms with Crippen molar-refractivity contribution in [3.8, 4) is 11.1 Å². The van der Waals surface area contributed by atoms with Gasteiger partial charge < -0.3 is 11.1 Å². The number of carbonyl (C=O) groups is 2. The van der Waals surface area contributed by atoms with Gasteiger partial charge in [0.15, 0.2) is 0 Å². The van der Waals surface area contributed by atoms with Gasteiger partial charge in [-0.3, -0.25) is 14.3 Å². The number of aromatic nitrogens is 3. The fourth-order valence-corrected chi connectivity index (χ4v) is 4.98. The molecule has 0 radical (unpaired) electrons. The number of pyridine rings is 1. The highest BCUT2D eigenvalue weighted by atomic mass is 35.5. The third-order valence-electron chi connectivity index (χ3n) is 5.77. The molecule has 194 valence electrons. The molecule has 0 fully saturated rings. The number of primary amides is 1. The molecule has 4 rings (SSSR count). The molecule has 0 bridgehead atoms. The van der Waals surface area contributed by atoms with E-state index in [4.69, 9.17) is 17.3 Å². The molecule has 2 amide bonds. The summed E-state index contributed by atoms with van der Waals surface area (Å²) < 4.78 is 56.0. The zero-order chi connectivity index (χ0) is 27.2. The molecule has 1 aromatic carbocycles. The number of hydrogen-bond acceptors (Lipinski definition) is 5. The maximum absolute atomic E-state index is 13.6. The molecule has 1 atom stereocenters. The Bertz CT molecular complexity index is 1530. The number of nitrogens with one attached hydrogen (secondary N) is 1. The Kier molecular flexibility index (Phi) is 6.99. The third kappa shape index (κ3) is 5.16. The smallest absolute Gasteiger partial charge is 0.365 e. The number of alkyl halides is 3. The van der Waals surface area contributed by atoms with Gasteiger partial charge in [-0.25, -0.2) is 9.37 Å². The van der Waals surface area contributed by atoms with Crippen LogP contribution in [-0.4, -0.2) is 26.6 Å². The average molecular weight is 554 g/mol. The number of nitrogens with zero attached hydrogens (tertiary/aromatic N) is 3. The van der Waals surface area contributed by atoms with E-state index in [1.54, 1.807) is 25.5 Å². The van der Waals surface area contributed by atoms with Crippen LogP contribution in [-0.2, 0) is 17.5 Å². The molecule has 3 N–H and O–H groups in total. The van der Waals surface area contributed by atoms with Gasteiger partial charge in [-0.05, 0) is 43.2 Å². The lowest BCUT2D eigenvalue weighted by atomic mass is 10.0. The molecule has 0 spiro atoms. The average Bonchev–Trinajstić information content (AvgIpc) is 3.31. The van der Waals surface area contributed by atoms with Crippen LogP contribution in [0.2, 0.25) is 5.02 Å². The monoisotopic (exact) mass is 553 g/mol. The SMILES string of the molecule is Cc1nn(CC(C)C(=O)Nc2c(C(N)=O)sc3nc(C(F)(F)F)cc(-c4ccc(F)cc4)c23)c(C)c1Cl. The molecule has 0 aliphatic rings. The Balaban J connectivity index is 1.83. The lowest BCUT2D eigenvalue weighted by Gasteiger charge is -2.15. The number of nitrogens with two attached hydrogens (primary N) is 1. The topological polar surface area (TPSA) is 103 Å². The molecule has 7 nitrogen and oxygen atoms in total. The molecule has 3 heterocycles. The van der Waals surface area contributed by atoms with E-state index >= 15 is 0 Å². The van der Waals surface area contributed by atoms with Crippen molar-refractivity contribution in [2.24, 2.45) is 11.7 Å². The number of fused-ring (bicyclic) bond motifs is 1. The molecule has 0 aliphatic heterocycles. The van der Waals surface area contributed by atoms with E-state index < -0.39 is 35.4 Å². The minimum atomic E-state index is -4.79. The molecule has 0 aliphatic carbocycles. The summed E-state index contributed by atoms with van der Waals surface area (Å²) in [6, 6.07) is 5.58. The number of aryl methyl sites for hydroxylation is 1. The number of thiophene rings is 1. The summed E-state index contributed by atoms with van der Waals surface area (Å²) in [5.41, 5.74) is 5.76. The van der Waals surface area contributed by atoms with Crippen LogP contribution in [0.15, 0.2) is 30.3 Å². The van der Waals surface area contributed by atoms with Crippen LogP contribution in [0.3, 0.4) is 0 Å². The standard InChI is InChI=1S/C24H20ClF4N5O2S/c1-10(9-34-12(3)18(25)11(2)33-34)22(36)32-19-17-15(13-4-6-14(26)7-5-13)8-16(24(27,28)29)31-23(17)37-20(19)21(30)35/h4-8,10H,9H2,1-3H3,(H2,30,35)(H,32,36). The Hall–Kier alpha value is -3.51. The zero-order valence-corrected chi connectivity index (χ0v) is 21.3. The van der Waals surface area contributed by atoms with E-state index in [0.29, 0.717) is 27.7 Å². The number of benzene rings is 1. The summed E-state index contributed by atoms with van der Waals surface area (Å²) >= 11 is 6.81. The first-order chi connectivity index (χ1) is 17.3. The van der Waals surface area contributed by atoms with E-state index in [-0.39, 0.29) is 38.5 Å². The van der Waals surface area contributed by atoms with Crippen LogP contribution in [0.25, 0.3) is 21.3 Å². The molecule has 3 aromatic heterocycles. The van der Waals surface area contributed by atoms with Gasteiger partial charge in [0.2, 0.25) is 5.91 Å². The van der Waals surface area contributed by atoms with Gasteiger partial charge in [0.05, 0.1) is 34.6 Å². The van der Waals surface area contributed by atoms with Gasteiger partial charge in [0, 0.05) is 5.39 Å². The Morgan fingerprint density at radius 3 is 2.41 bits per heavy atom. The first-order valence-corrected chi connectivity index (χ1v) is 12.1. The highest BCUT2D eigenvalue weighted by Gasteiger charge is 2.35. The second kappa shape index (κ2) is 9.75. The summed E-state index contributed by atoms with van der Waals surface area (Å²) in [7, 11) is 0. The van der Waals surface area contributed by atoms with Crippen LogP contribution in [0, 0.1) is 25.6 Å². The fourth-order valence-electron chi connectivity index (χ4n) is 3.84. The van der Waals surface area contributed by atoms with Gasteiger partial charge in [0.25, 0.3) is 5.91 Å².